The van der Waals surface area contributed by atoms with E-state index in [-0.39, 0.29) is 0 Å². The minimum Gasteiger partial charge on any atom is -0.301 e. The monoisotopic (exact) mass is 393 g/mol. The topological polar surface area (TPSA) is 30.7 Å². The summed E-state index contributed by atoms with van der Waals surface area (Å²) < 4.78 is 2.11. The van der Waals surface area contributed by atoms with Gasteiger partial charge in [0.15, 0.2) is 0 Å². The summed E-state index contributed by atoms with van der Waals surface area (Å²) in [6, 6.07) is 18.3. The number of rotatable bonds is 6. The van der Waals surface area contributed by atoms with E-state index in [1.165, 1.54) is 12.8 Å². The van der Waals surface area contributed by atoms with Crippen molar-refractivity contribution in [3.63, 3.8) is 0 Å². The summed E-state index contributed by atoms with van der Waals surface area (Å²) in [5.74, 6) is 1.05. The molecule has 0 amide bonds. The van der Waals surface area contributed by atoms with Gasteiger partial charge in [-0.1, -0.05) is 61.3 Å². The van der Waals surface area contributed by atoms with Gasteiger partial charge in [0, 0.05) is 22.5 Å². The molecule has 5 heteroatoms. The van der Waals surface area contributed by atoms with Gasteiger partial charge in [-0.3, -0.25) is 0 Å². The van der Waals surface area contributed by atoms with Crippen LogP contribution in [0.4, 0.5) is 0 Å². The molecule has 0 aliphatic heterocycles. The van der Waals surface area contributed by atoms with Crippen LogP contribution in [-0.4, -0.2) is 20.3 Å². The Morgan fingerprint density at radius 1 is 1.04 bits per heavy atom. The summed E-state index contributed by atoms with van der Waals surface area (Å²) in [6.07, 6.45) is 6.15. The second kappa shape index (κ2) is 8.15. The SMILES string of the molecule is CCCCSc1ncnc2c1c(-c1ccccc1)cn2-c1cccc(Cl)c1. The second-order valence-electron chi connectivity index (χ2n) is 6.34. The number of fused-ring (bicyclic) bond motifs is 1. The van der Waals surface area contributed by atoms with Crippen LogP contribution in [0.15, 0.2) is 72.1 Å². The van der Waals surface area contributed by atoms with Crippen molar-refractivity contribution in [2.24, 2.45) is 0 Å². The molecule has 27 heavy (non-hydrogen) atoms. The average molecular weight is 394 g/mol. The fraction of sp³-hybridized carbons (Fsp3) is 0.182. The van der Waals surface area contributed by atoms with Gasteiger partial charge in [0.2, 0.25) is 0 Å². The maximum atomic E-state index is 6.24. The fourth-order valence-corrected chi connectivity index (χ4v) is 4.39. The van der Waals surface area contributed by atoms with Crippen LogP contribution in [0.25, 0.3) is 27.8 Å². The van der Waals surface area contributed by atoms with Gasteiger partial charge < -0.3 is 4.57 Å². The third kappa shape index (κ3) is 3.73. The van der Waals surface area contributed by atoms with Crippen molar-refractivity contribution in [3.8, 4) is 16.8 Å². The third-order valence-electron chi connectivity index (χ3n) is 4.46. The van der Waals surface area contributed by atoms with Crippen LogP contribution in [-0.2, 0) is 0 Å². The van der Waals surface area contributed by atoms with Crippen LogP contribution >= 0.6 is 23.4 Å². The number of unbranched alkanes of at least 4 members (excludes halogenated alkanes) is 1. The molecule has 0 spiro atoms. The first-order chi connectivity index (χ1) is 13.3. The van der Waals surface area contributed by atoms with Crippen molar-refractivity contribution < 1.29 is 0 Å². The number of benzene rings is 2. The smallest absolute Gasteiger partial charge is 0.149 e. The molecule has 0 aliphatic rings. The molecule has 4 aromatic rings. The largest absolute Gasteiger partial charge is 0.301 e. The Balaban J connectivity index is 1.94. The quantitative estimate of drug-likeness (QED) is 0.209. The summed E-state index contributed by atoms with van der Waals surface area (Å²) >= 11 is 8.04. The van der Waals surface area contributed by atoms with E-state index < -0.39 is 0 Å². The van der Waals surface area contributed by atoms with Crippen molar-refractivity contribution >= 4 is 34.4 Å². The Bertz CT molecular complexity index is 1060. The first-order valence-corrected chi connectivity index (χ1v) is 10.4. The lowest BCUT2D eigenvalue weighted by Gasteiger charge is -2.06. The van der Waals surface area contributed by atoms with Gasteiger partial charge in [-0.2, -0.15) is 0 Å². The lowest BCUT2D eigenvalue weighted by atomic mass is 10.1. The average Bonchev–Trinajstić information content (AvgIpc) is 3.09. The number of halogens is 1. The van der Waals surface area contributed by atoms with Gasteiger partial charge in [-0.15, -0.1) is 11.8 Å². The summed E-state index contributed by atoms with van der Waals surface area (Å²) in [5.41, 5.74) is 4.21. The summed E-state index contributed by atoms with van der Waals surface area (Å²) in [6.45, 7) is 2.21. The Morgan fingerprint density at radius 2 is 1.89 bits per heavy atom. The molecule has 0 radical (unpaired) electrons. The fourth-order valence-electron chi connectivity index (χ4n) is 3.12. The molecule has 2 heterocycles. The molecule has 0 fully saturated rings. The van der Waals surface area contributed by atoms with E-state index in [1.807, 2.05) is 30.3 Å². The molecule has 0 saturated heterocycles. The molecule has 136 valence electrons. The van der Waals surface area contributed by atoms with Crippen molar-refractivity contribution in [2.75, 3.05) is 5.75 Å². The van der Waals surface area contributed by atoms with Crippen molar-refractivity contribution in [1.29, 1.82) is 0 Å². The molecule has 4 rings (SSSR count). The van der Waals surface area contributed by atoms with Gasteiger partial charge in [0.05, 0.1) is 5.39 Å². The second-order valence-corrected chi connectivity index (χ2v) is 7.86. The zero-order valence-electron chi connectivity index (χ0n) is 15.1. The van der Waals surface area contributed by atoms with Crippen molar-refractivity contribution in [3.05, 3.63) is 72.1 Å². The van der Waals surface area contributed by atoms with Crippen molar-refractivity contribution in [1.82, 2.24) is 14.5 Å². The molecule has 0 unspecified atom stereocenters. The van der Waals surface area contributed by atoms with Gasteiger partial charge in [-0.05, 0) is 35.9 Å². The number of hydrogen-bond donors (Lipinski definition) is 0. The molecular weight excluding hydrogens is 374 g/mol. The van der Waals surface area contributed by atoms with E-state index in [9.17, 15) is 0 Å². The normalized spacial score (nSPS) is 11.2. The van der Waals surface area contributed by atoms with E-state index in [4.69, 9.17) is 11.6 Å². The Hall–Kier alpha value is -2.30. The van der Waals surface area contributed by atoms with E-state index in [1.54, 1.807) is 18.1 Å². The molecule has 0 N–H and O–H groups in total. The van der Waals surface area contributed by atoms with Gasteiger partial charge in [-0.25, -0.2) is 9.97 Å². The lowest BCUT2D eigenvalue weighted by Crippen LogP contribution is -1.95. The molecular formula is C22H20ClN3S. The lowest BCUT2D eigenvalue weighted by molar-refractivity contribution is 0.894. The number of thioether (sulfide) groups is 1. The van der Waals surface area contributed by atoms with Gasteiger partial charge in [0.25, 0.3) is 0 Å². The van der Waals surface area contributed by atoms with E-state index in [0.717, 1.165) is 38.6 Å². The first-order valence-electron chi connectivity index (χ1n) is 9.08. The Kier molecular flexibility index (Phi) is 5.46. The third-order valence-corrected chi connectivity index (χ3v) is 5.77. The molecule has 0 saturated carbocycles. The molecule has 2 aromatic carbocycles. The molecule has 2 aromatic heterocycles. The van der Waals surface area contributed by atoms with E-state index in [0.29, 0.717) is 5.02 Å². The minimum absolute atomic E-state index is 0.710. The zero-order chi connectivity index (χ0) is 18.6. The van der Waals surface area contributed by atoms with E-state index >= 15 is 0 Å². The molecule has 0 atom stereocenters. The van der Waals surface area contributed by atoms with Crippen LogP contribution in [0.3, 0.4) is 0 Å². The highest BCUT2D eigenvalue weighted by Gasteiger charge is 2.17. The summed E-state index contributed by atoms with van der Waals surface area (Å²) in [5, 5.41) is 2.85. The predicted molar refractivity (Wildman–Crippen MR) is 115 cm³/mol. The zero-order valence-corrected chi connectivity index (χ0v) is 16.7. The molecule has 3 nitrogen and oxygen atoms in total. The van der Waals surface area contributed by atoms with Gasteiger partial charge in [0.1, 0.15) is 17.0 Å². The summed E-state index contributed by atoms with van der Waals surface area (Å²) in [4.78, 5) is 9.22. The Labute approximate surface area is 168 Å². The van der Waals surface area contributed by atoms with Gasteiger partial charge >= 0.3 is 0 Å². The van der Waals surface area contributed by atoms with Crippen LogP contribution in [0.5, 0.6) is 0 Å². The van der Waals surface area contributed by atoms with Crippen LogP contribution in [0.1, 0.15) is 19.8 Å². The maximum absolute atomic E-state index is 6.24. The highest BCUT2D eigenvalue weighted by Crippen LogP contribution is 2.37. The summed E-state index contributed by atoms with van der Waals surface area (Å²) in [7, 11) is 0. The highest BCUT2D eigenvalue weighted by atomic mass is 35.5. The molecule has 0 bridgehead atoms. The maximum Gasteiger partial charge on any atom is 0.149 e. The number of hydrogen-bond acceptors (Lipinski definition) is 3. The van der Waals surface area contributed by atoms with Crippen molar-refractivity contribution in [2.45, 2.75) is 24.8 Å². The standard InChI is InChI=1S/C22H20ClN3S/c1-2-3-12-27-22-20-19(16-8-5-4-6-9-16)14-26(21(20)24-15-25-22)18-11-7-10-17(23)13-18/h4-11,13-15H,2-3,12H2,1H3. The van der Waals surface area contributed by atoms with Crippen LogP contribution < -0.4 is 0 Å². The molecule has 0 aliphatic carbocycles. The van der Waals surface area contributed by atoms with Crippen LogP contribution in [0.2, 0.25) is 5.02 Å². The predicted octanol–water partition coefficient (Wildman–Crippen LogP) is 6.63. The highest BCUT2D eigenvalue weighted by molar-refractivity contribution is 7.99. The Morgan fingerprint density at radius 3 is 2.67 bits per heavy atom. The number of aromatic nitrogens is 3. The number of nitrogens with zero attached hydrogens (tertiary/aromatic N) is 3. The minimum atomic E-state index is 0.710. The van der Waals surface area contributed by atoms with Crippen LogP contribution in [0, 0.1) is 0 Å². The van der Waals surface area contributed by atoms with E-state index in [2.05, 4.69) is 51.9 Å². The first kappa shape index (κ1) is 18.1.